The van der Waals surface area contributed by atoms with Crippen LogP contribution in [-0.2, 0) is 5.88 Å². The van der Waals surface area contributed by atoms with E-state index >= 15 is 0 Å². The van der Waals surface area contributed by atoms with Gasteiger partial charge < -0.3 is 4.57 Å². The highest BCUT2D eigenvalue weighted by atomic mass is 35.5. The summed E-state index contributed by atoms with van der Waals surface area (Å²) < 4.78 is 39.1. The molecule has 1 atom stereocenters. The largest absolute Gasteiger partial charge is 0.391 e. The van der Waals surface area contributed by atoms with Gasteiger partial charge in [-0.15, -0.1) is 11.6 Å². The highest BCUT2D eigenvalue weighted by molar-refractivity contribution is 6.42. The molecule has 0 saturated heterocycles. The Morgan fingerprint density at radius 1 is 1.25 bits per heavy atom. The van der Waals surface area contributed by atoms with E-state index in [0.717, 1.165) is 0 Å². The summed E-state index contributed by atoms with van der Waals surface area (Å²) >= 11 is 17.6. The van der Waals surface area contributed by atoms with Crippen LogP contribution in [0.25, 0.3) is 11.0 Å². The molecule has 0 N–H and O–H groups in total. The third kappa shape index (κ3) is 3.15. The lowest BCUT2D eigenvalue weighted by Gasteiger charge is -2.18. The van der Waals surface area contributed by atoms with Gasteiger partial charge in [-0.3, -0.25) is 0 Å². The zero-order valence-corrected chi connectivity index (χ0v) is 12.6. The lowest BCUT2D eigenvalue weighted by molar-refractivity contribution is -0.141. The zero-order valence-electron chi connectivity index (χ0n) is 10.3. The predicted octanol–water partition coefficient (Wildman–Crippen LogP) is 5.60. The third-order valence-electron chi connectivity index (χ3n) is 2.89. The van der Waals surface area contributed by atoms with Crippen molar-refractivity contribution in [2.24, 2.45) is 0 Å². The van der Waals surface area contributed by atoms with E-state index in [1.54, 1.807) is 0 Å². The first-order valence-corrected chi connectivity index (χ1v) is 7.00. The summed E-state index contributed by atoms with van der Waals surface area (Å²) in [6.07, 6.45) is -5.24. The van der Waals surface area contributed by atoms with Crippen LogP contribution >= 0.6 is 34.8 Å². The van der Waals surface area contributed by atoms with E-state index in [1.807, 2.05) is 0 Å². The molecule has 1 heterocycles. The summed E-state index contributed by atoms with van der Waals surface area (Å²) in [4.78, 5) is 4.20. The Kier molecular flexibility index (Phi) is 4.42. The van der Waals surface area contributed by atoms with Gasteiger partial charge in [0.25, 0.3) is 0 Å². The molecule has 0 aliphatic rings. The van der Waals surface area contributed by atoms with Crippen LogP contribution in [0.3, 0.4) is 0 Å². The fraction of sp³-hybridized carbons (Fsp3) is 0.417. The van der Waals surface area contributed by atoms with Gasteiger partial charge in [0.2, 0.25) is 0 Å². The molecule has 0 fully saturated rings. The third-order valence-corrected chi connectivity index (χ3v) is 3.85. The second kappa shape index (κ2) is 5.62. The summed E-state index contributed by atoms with van der Waals surface area (Å²) in [6, 6.07) is 2.20. The Labute approximate surface area is 128 Å². The number of hydrogen-bond donors (Lipinski definition) is 0. The molecule has 2 rings (SSSR count). The second-order valence-corrected chi connectivity index (χ2v) is 5.54. The Bertz CT molecular complexity index is 637. The summed E-state index contributed by atoms with van der Waals surface area (Å²) in [7, 11) is 0. The Morgan fingerprint density at radius 2 is 1.85 bits per heavy atom. The van der Waals surface area contributed by atoms with E-state index in [2.05, 4.69) is 4.98 Å². The highest BCUT2D eigenvalue weighted by Crippen LogP contribution is 2.34. The maximum absolute atomic E-state index is 12.6. The molecule has 20 heavy (non-hydrogen) atoms. The number of fused-ring (bicyclic) bond motifs is 1. The van der Waals surface area contributed by atoms with Crippen molar-refractivity contribution in [2.75, 3.05) is 0 Å². The highest BCUT2D eigenvalue weighted by Gasteiger charge is 2.32. The first-order valence-electron chi connectivity index (χ1n) is 5.71. The standard InChI is InChI=1S/C12H10Cl3F3N2/c1-6(4-12(16,17)18)20-10-3-8(15)7(14)2-9(10)19-11(20)5-13/h2-3,6H,4-5H2,1H3. The topological polar surface area (TPSA) is 17.8 Å². The normalized spacial score (nSPS) is 13.9. The minimum absolute atomic E-state index is 0.00607. The van der Waals surface area contributed by atoms with Crippen molar-refractivity contribution in [1.82, 2.24) is 9.55 Å². The van der Waals surface area contributed by atoms with Crippen molar-refractivity contribution in [2.45, 2.75) is 31.4 Å². The molecule has 1 aromatic heterocycles. The molecule has 8 heteroatoms. The fourth-order valence-corrected chi connectivity index (χ4v) is 2.66. The van der Waals surface area contributed by atoms with Crippen molar-refractivity contribution >= 4 is 45.8 Å². The molecule has 0 amide bonds. The number of hydrogen-bond acceptors (Lipinski definition) is 1. The van der Waals surface area contributed by atoms with Crippen LogP contribution in [0.2, 0.25) is 10.0 Å². The molecule has 0 aliphatic heterocycles. The van der Waals surface area contributed by atoms with Gasteiger partial charge in [-0.1, -0.05) is 23.2 Å². The number of aromatic nitrogens is 2. The number of nitrogens with zero attached hydrogens (tertiary/aromatic N) is 2. The van der Waals surface area contributed by atoms with Crippen LogP contribution in [0.4, 0.5) is 13.2 Å². The van der Waals surface area contributed by atoms with Gasteiger partial charge in [-0.2, -0.15) is 13.2 Å². The molecule has 0 radical (unpaired) electrons. The van der Waals surface area contributed by atoms with E-state index in [0.29, 0.717) is 21.9 Å². The van der Waals surface area contributed by atoms with Gasteiger partial charge in [-0.05, 0) is 19.1 Å². The summed E-state index contributed by atoms with van der Waals surface area (Å²) in [5.74, 6) is 0.364. The molecular weight excluding hydrogens is 335 g/mol. The van der Waals surface area contributed by atoms with E-state index < -0.39 is 18.6 Å². The number of rotatable bonds is 3. The smallest absolute Gasteiger partial charge is 0.324 e. The maximum Gasteiger partial charge on any atom is 0.391 e. The van der Waals surface area contributed by atoms with Crippen molar-refractivity contribution < 1.29 is 13.2 Å². The van der Waals surface area contributed by atoms with Crippen LogP contribution in [-0.4, -0.2) is 15.7 Å². The Balaban J connectivity index is 2.58. The zero-order chi connectivity index (χ0) is 15.1. The van der Waals surface area contributed by atoms with Crippen molar-refractivity contribution in [3.8, 4) is 0 Å². The minimum Gasteiger partial charge on any atom is -0.324 e. The number of alkyl halides is 4. The maximum atomic E-state index is 12.6. The monoisotopic (exact) mass is 344 g/mol. The first kappa shape index (κ1) is 15.7. The molecule has 2 nitrogen and oxygen atoms in total. The molecule has 1 unspecified atom stereocenters. The van der Waals surface area contributed by atoms with Crippen LogP contribution < -0.4 is 0 Å². The van der Waals surface area contributed by atoms with Crippen LogP contribution in [0.15, 0.2) is 12.1 Å². The lowest BCUT2D eigenvalue weighted by Crippen LogP contribution is -2.18. The predicted molar refractivity (Wildman–Crippen MR) is 74.7 cm³/mol. The van der Waals surface area contributed by atoms with E-state index in [4.69, 9.17) is 34.8 Å². The molecular formula is C12H10Cl3F3N2. The van der Waals surface area contributed by atoms with E-state index in [1.165, 1.54) is 23.6 Å². The van der Waals surface area contributed by atoms with Crippen molar-refractivity contribution in [1.29, 1.82) is 0 Å². The first-order chi connectivity index (χ1) is 9.23. The van der Waals surface area contributed by atoms with Crippen molar-refractivity contribution in [3.63, 3.8) is 0 Å². The van der Waals surface area contributed by atoms with Gasteiger partial charge >= 0.3 is 6.18 Å². The van der Waals surface area contributed by atoms with Crippen LogP contribution in [0.1, 0.15) is 25.2 Å². The summed E-state index contributed by atoms with van der Waals surface area (Å²) in [5.41, 5.74) is 0.968. The van der Waals surface area contributed by atoms with Gasteiger partial charge in [0.15, 0.2) is 0 Å². The summed E-state index contributed by atoms with van der Waals surface area (Å²) in [6.45, 7) is 1.47. The Hall–Kier alpha value is -0.650. The number of halogens is 6. The number of imidazole rings is 1. The van der Waals surface area contributed by atoms with Gasteiger partial charge in [-0.25, -0.2) is 4.98 Å². The fourth-order valence-electron chi connectivity index (χ4n) is 2.15. The second-order valence-electron chi connectivity index (χ2n) is 4.46. The van der Waals surface area contributed by atoms with E-state index in [9.17, 15) is 13.2 Å². The van der Waals surface area contributed by atoms with Gasteiger partial charge in [0, 0.05) is 6.04 Å². The van der Waals surface area contributed by atoms with Gasteiger partial charge in [0.05, 0.1) is 33.4 Å². The SMILES string of the molecule is CC(CC(F)(F)F)n1c(CCl)nc2cc(Cl)c(Cl)cc21. The molecule has 0 saturated carbocycles. The average Bonchev–Trinajstić information content (AvgIpc) is 2.65. The molecule has 0 aliphatic carbocycles. The van der Waals surface area contributed by atoms with Gasteiger partial charge in [0.1, 0.15) is 5.82 Å². The molecule has 110 valence electrons. The molecule has 0 spiro atoms. The molecule has 1 aromatic carbocycles. The minimum atomic E-state index is -4.27. The quantitative estimate of drug-likeness (QED) is 0.663. The Morgan fingerprint density at radius 3 is 2.40 bits per heavy atom. The van der Waals surface area contributed by atoms with E-state index in [-0.39, 0.29) is 10.9 Å². The molecule has 2 aromatic rings. The number of benzene rings is 1. The lowest BCUT2D eigenvalue weighted by atomic mass is 10.2. The van der Waals surface area contributed by atoms with Crippen LogP contribution in [0, 0.1) is 0 Å². The van der Waals surface area contributed by atoms with Crippen LogP contribution in [0.5, 0.6) is 0 Å². The average molecular weight is 346 g/mol. The summed E-state index contributed by atoms with van der Waals surface area (Å²) in [5, 5.41) is 0.564. The molecule has 0 bridgehead atoms. The van der Waals surface area contributed by atoms with Crippen molar-refractivity contribution in [3.05, 3.63) is 28.0 Å².